The summed E-state index contributed by atoms with van der Waals surface area (Å²) in [6.45, 7) is 14.3. The molecule has 0 saturated carbocycles. The van der Waals surface area contributed by atoms with Gasteiger partial charge < -0.3 is 21.3 Å². The summed E-state index contributed by atoms with van der Waals surface area (Å²) < 4.78 is 70.1. The zero-order chi connectivity index (χ0) is 40.6. The highest BCUT2D eigenvalue weighted by Crippen LogP contribution is 2.41. The fraction of sp³-hybridized carbons (Fsp3) is 0.220. The van der Waals surface area contributed by atoms with Gasteiger partial charge >= 0.3 is 0 Å². The Labute approximate surface area is 321 Å². The van der Waals surface area contributed by atoms with Gasteiger partial charge in [0.25, 0.3) is 20.2 Å². The Balaban J connectivity index is 1.63. The van der Waals surface area contributed by atoms with Gasteiger partial charge in [0.2, 0.25) is 11.8 Å². The van der Waals surface area contributed by atoms with Gasteiger partial charge in [0.05, 0.1) is 9.79 Å². The quantitative estimate of drug-likeness (QED) is 0.0558. The highest BCUT2D eigenvalue weighted by Gasteiger charge is 2.29. The van der Waals surface area contributed by atoms with Gasteiger partial charge in [0.15, 0.2) is 0 Å². The second kappa shape index (κ2) is 15.7. The fourth-order valence-electron chi connectivity index (χ4n) is 6.96. The number of carbonyl (C=O) groups is 2. The summed E-state index contributed by atoms with van der Waals surface area (Å²) in [5.41, 5.74) is 11.1. The summed E-state index contributed by atoms with van der Waals surface area (Å²) in [5.74, 6) is -1.17. The molecule has 5 aromatic carbocycles. The third-order valence-electron chi connectivity index (χ3n) is 9.28. The van der Waals surface area contributed by atoms with Gasteiger partial charge in [0.1, 0.15) is 0 Å². The number of anilines is 6. The molecule has 0 bridgehead atoms. The van der Waals surface area contributed by atoms with Crippen molar-refractivity contribution < 1.29 is 35.5 Å². The van der Waals surface area contributed by atoms with Gasteiger partial charge in [-0.2, -0.15) is 16.8 Å². The lowest BCUT2D eigenvalue weighted by Crippen LogP contribution is -2.14. The Bertz CT molecular complexity index is 2420. The summed E-state index contributed by atoms with van der Waals surface area (Å²) in [4.78, 5) is 21.9. The predicted molar refractivity (Wildman–Crippen MR) is 216 cm³/mol. The van der Waals surface area contributed by atoms with Gasteiger partial charge in [-0.25, -0.2) is 0 Å². The topological polar surface area (TPSA) is 191 Å². The first kappa shape index (κ1) is 40.6. The van der Waals surface area contributed by atoms with E-state index in [-0.39, 0.29) is 17.4 Å². The van der Waals surface area contributed by atoms with E-state index in [1.807, 2.05) is 102 Å². The normalized spacial score (nSPS) is 11.7. The van der Waals surface area contributed by atoms with Gasteiger partial charge in [-0.3, -0.25) is 18.7 Å². The molecule has 0 radical (unpaired) electrons. The van der Waals surface area contributed by atoms with E-state index in [1.165, 1.54) is 19.9 Å². The van der Waals surface area contributed by atoms with E-state index >= 15 is 0 Å². The third-order valence-corrected chi connectivity index (χ3v) is 11.0. The summed E-state index contributed by atoms with van der Waals surface area (Å²) in [7, 11) is -9.80. The number of amides is 2. The minimum absolute atomic E-state index is 0.100. The van der Waals surface area contributed by atoms with Crippen LogP contribution >= 0.6 is 0 Å². The van der Waals surface area contributed by atoms with E-state index in [4.69, 9.17) is 0 Å². The van der Waals surface area contributed by atoms with Crippen molar-refractivity contribution >= 4 is 66.2 Å². The van der Waals surface area contributed by atoms with E-state index in [0.717, 1.165) is 68.3 Å². The number of hydrogen-bond acceptors (Lipinski definition) is 8. The predicted octanol–water partition coefficient (Wildman–Crippen LogP) is 8.61. The highest BCUT2D eigenvalue weighted by atomic mass is 32.2. The van der Waals surface area contributed by atoms with Crippen molar-refractivity contribution in [3.8, 4) is 0 Å². The van der Waals surface area contributed by atoms with Crippen LogP contribution in [0.2, 0.25) is 0 Å². The van der Waals surface area contributed by atoms with Crippen molar-refractivity contribution in [2.24, 2.45) is 0 Å². The first-order chi connectivity index (χ1) is 25.6. The molecule has 0 aliphatic heterocycles. The van der Waals surface area contributed by atoms with Crippen LogP contribution in [0.4, 0.5) is 34.1 Å². The highest BCUT2D eigenvalue weighted by molar-refractivity contribution is 7.86. The van der Waals surface area contributed by atoms with Crippen LogP contribution in [0.25, 0.3) is 0 Å². The molecule has 0 atom stereocenters. The Morgan fingerprint density at radius 2 is 0.855 bits per heavy atom. The van der Waals surface area contributed by atoms with Crippen molar-refractivity contribution in [1.29, 1.82) is 0 Å². The molecule has 6 N–H and O–H groups in total. The van der Waals surface area contributed by atoms with Crippen LogP contribution in [-0.2, 0) is 29.8 Å². The van der Waals surface area contributed by atoms with Crippen LogP contribution in [0.5, 0.6) is 0 Å². The number of carbonyl (C=O) groups excluding carboxylic acids is 2. The molecule has 14 heteroatoms. The van der Waals surface area contributed by atoms with Gasteiger partial charge in [-0.05, 0) is 152 Å². The number of aryl methyl sites for hydroxylation is 6. The minimum Gasteiger partial charge on any atom is -0.355 e. The molecule has 5 aromatic rings. The molecular formula is C41H44N4O8S2. The molecular weight excluding hydrogens is 741 g/mol. The molecule has 0 unspecified atom stereocenters. The van der Waals surface area contributed by atoms with E-state index in [2.05, 4.69) is 21.3 Å². The molecule has 0 saturated heterocycles. The molecule has 5 rings (SSSR count). The standard InChI is InChI=1S/C41H44N4O8S2/c1-22-15-30(44-40-24(3)17-32(18-25(40)4)42-28(7)46)9-12-35(22)39(37-14-11-34(54(48,49)50)21-38(37)55(51,52)53)36-13-10-31(16-23(36)2)45-41-26(5)19-33(20-27(41)6)43-29(8)47/h9-21,39,44-45H,1-8H3,(H,42,46)(H,43,47)(H,48,49,50)(H,51,52,53). The van der Waals surface area contributed by atoms with Gasteiger partial charge in [-0.15, -0.1) is 0 Å². The van der Waals surface area contributed by atoms with Gasteiger partial charge in [-0.1, -0.05) is 18.2 Å². The molecule has 55 heavy (non-hydrogen) atoms. The number of hydrogen-bond donors (Lipinski definition) is 6. The van der Waals surface area contributed by atoms with Crippen LogP contribution in [-0.4, -0.2) is 37.8 Å². The van der Waals surface area contributed by atoms with E-state index < -0.39 is 35.9 Å². The molecule has 0 aliphatic rings. The van der Waals surface area contributed by atoms with E-state index in [1.54, 1.807) is 0 Å². The maximum atomic E-state index is 12.9. The second-order valence-corrected chi connectivity index (χ2v) is 16.6. The van der Waals surface area contributed by atoms with Crippen molar-refractivity contribution in [3.05, 3.63) is 129 Å². The monoisotopic (exact) mass is 784 g/mol. The second-order valence-electron chi connectivity index (χ2n) is 13.8. The fourth-order valence-corrected chi connectivity index (χ4v) is 8.30. The van der Waals surface area contributed by atoms with E-state index in [9.17, 15) is 35.5 Å². The Hall–Kier alpha value is -5.54. The van der Waals surface area contributed by atoms with Crippen LogP contribution in [0.3, 0.4) is 0 Å². The first-order valence-electron chi connectivity index (χ1n) is 17.2. The number of nitrogens with one attached hydrogen (secondary N) is 4. The molecule has 0 fully saturated rings. The lowest BCUT2D eigenvalue weighted by Gasteiger charge is -2.26. The zero-order valence-electron chi connectivity index (χ0n) is 31.7. The van der Waals surface area contributed by atoms with Crippen molar-refractivity contribution in [2.75, 3.05) is 21.3 Å². The average Bonchev–Trinajstić information content (AvgIpc) is 3.05. The van der Waals surface area contributed by atoms with Crippen LogP contribution in [0, 0.1) is 41.5 Å². The van der Waals surface area contributed by atoms with Crippen LogP contribution < -0.4 is 21.3 Å². The summed E-state index contributed by atoms with van der Waals surface area (Å²) in [6.07, 6.45) is 0. The maximum absolute atomic E-state index is 12.9. The van der Waals surface area contributed by atoms with Crippen molar-refractivity contribution in [3.63, 3.8) is 0 Å². The number of rotatable bonds is 11. The molecule has 288 valence electrons. The zero-order valence-corrected chi connectivity index (χ0v) is 33.4. The average molecular weight is 785 g/mol. The minimum atomic E-state index is -4.99. The van der Waals surface area contributed by atoms with Crippen LogP contribution in [0.1, 0.15) is 69.8 Å². The van der Waals surface area contributed by atoms with E-state index in [0.29, 0.717) is 22.5 Å². The van der Waals surface area contributed by atoms with Crippen molar-refractivity contribution in [2.45, 2.75) is 71.1 Å². The van der Waals surface area contributed by atoms with Crippen molar-refractivity contribution in [1.82, 2.24) is 0 Å². The lowest BCUT2D eigenvalue weighted by atomic mass is 9.81. The molecule has 0 spiro atoms. The van der Waals surface area contributed by atoms with Crippen LogP contribution in [0.15, 0.2) is 88.7 Å². The Kier molecular flexibility index (Phi) is 11.6. The molecule has 0 aromatic heterocycles. The molecule has 12 nitrogen and oxygen atoms in total. The third kappa shape index (κ3) is 9.41. The molecule has 2 amide bonds. The summed E-state index contributed by atoms with van der Waals surface area (Å²) in [5, 5.41) is 12.5. The Morgan fingerprint density at radius 1 is 0.491 bits per heavy atom. The summed E-state index contributed by atoms with van der Waals surface area (Å²) >= 11 is 0. The van der Waals surface area contributed by atoms with Gasteiger partial charge in [0, 0.05) is 53.9 Å². The lowest BCUT2D eigenvalue weighted by molar-refractivity contribution is -0.115. The summed E-state index contributed by atoms with van der Waals surface area (Å²) in [6, 6.07) is 21.8. The molecule has 0 aliphatic carbocycles. The number of benzene rings is 5. The maximum Gasteiger partial charge on any atom is 0.294 e. The largest absolute Gasteiger partial charge is 0.355 e. The molecule has 0 heterocycles. The SMILES string of the molecule is CC(=O)Nc1cc(C)c(Nc2ccc(C(c3ccc(Nc4c(C)cc(NC(C)=O)cc4C)cc3C)c3ccc(S(=O)(=O)O)cc3S(=O)(=O)O)c(C)c2)c(C)c1. The Morgan fingerprint density at radius 3 is 1.18 bits per heavy atom. The first-order valence-corrected chi connectivity index (χ1v) is 20.1. The smallest absolute Gasteiger partial charge is 0.294 e.